The molecule has 6 nitrogen and oxygen atoms in total. The summed E-state index contributed by atoms with van der Waals surface area (Å²) in [5.41, 5.74) is 5.18. The first-order valence-corrected chi connectivity index (χ1v) is 10.7. The van der Waals surface area contributed by atoms with Gasteiger partial charge in [0.2, 0.25) is 0 Å². The number of hydrogen-bond acceptors (Lipinski definition) is 4. The van der Waals surface area contributed by atoms with Gasteiger partial charge in [-0.1, -0.05) is 6.92 Å². The Morgan fingerprint density at radius 2 is 2.03 bits per heavy atom. The van der Waals surface area contributed by atoms with Gasteiger partial charge in [0.05, 0.1) is 23.5 Å². The molecule has 0 N–H and O–H groups in total. The van der Waals surface area contributed by atoms with E-state index < -0.39 is 6.43 Å². The number of aryl methyl sites for hydroxylation is 2. The van der Waals surface area contributed by atoms with Crippen molar-refractivity contribution in [1.82, 2.24) is 19.4 Å². The van der Waals surface area contributed by atoms with E-state index in [9.17, 15) is 13.6 Å². The third kappa shape index (κ3) is 3.36. The summed E-state index contributed by atoms with van der Waals surface area (Å²) in [4.78, 5) is 14.4. The first-order valence-electron chi connectivity index (χ1n) is 10.7. The van der Waals surface area contributed by atoms with Gasteiger partial charge in [0.15, 0.2) is 5.78 Å². The van der Waals surface area contributed by atoms with Crippen LogP contribution in [0.5, 0.6) is 0 Å². The molecule has 0 aliphatic carbocycles. The maximum Gasteiger partial charge on any atom is 0.264 e. The predicted molar refractivity (Wildman–Crippen MR) is 119 cm³/mol. The molecule has 4 heterocycles. The molecule has 3 aromatic heterocycles. The van der Waals surface area contributed by atoms with Crippen molar-refractivity contribution in [3.63, 3.8) is 0 Å². The smallest absolute Gasteiger partial charge is 0.264 e. The van der Waals surface area contributed by atoms with Crippen LogP contribution in [0.3, 0.4) is 0 Å². The Bertz CT molecular complexity index is 1320. The molecular weight excluding hydrogens is 412 g/mol. The lowest BCUT2D eigenvalue weighted by Gasteiger charge is -2.32. The largest absolute Gasteiger partial charge is 0.341 e. The Hall–Kier alpha value is -3.55. The third-order valence-electron chi connectivity index (χ3n) is 6.06. The Morgan fingerprint density at radius 1 is 1.19 bits per heavy atom. The number of nitrogens with zero attached hydrogens (tertiary/aromatic N) is 5. The van der Waals surface area contributed by atoms with E-state index in [1.165, 1.54) is 0 Å². The van der Waals surface area contributed by atoms with Crippen molar-refractivity contribution in [2.45, 2.75) is 32.6 Å². The van der Waals surface area contributed by atoms with Crippen LogP contribution in [0.25, 0.3) is 16.6 Å². The van der Waals surface area contributed by atoms with Crippen molar-refractivity contribution in [3.05, 3.63) is 65.7 Å². The van der Waals surface area contributed by atoms with Gasteiger partial charge in [-0.15, -0.1) is 0 Å². The summed E-state index contributed by atoms with van der Waals surface area (Å²) in [6.45, 7) is 2.53. The number of hydrogen-bond donors (Lipinski definition) is 0. The fraction of sp³-hybridized carbons (Fsp3) is 0.292. The van der Waals surface area contributed by atoms with Gasteiger partial charge in [0.1, 0.15) is 0 Å². The van der Waals surface area contributed by atoms with E-state index >= 15 is 0 Å². The van der Waals surface area contributed by atoms with Crippen LogP contribution in [-0.2, 0) is 13.5 Å². The number of anilines is 2. The van der Waals surface area contributed by atoms with Gasteiger partial charge < -0.3 is 4.90 Å². The molecule has 164 valence electrons. The van der Waals surface area contributed by atoms with E-state index in [0.717, 1.165) is 35.3 Å². The van der Waals surface area contributed by atoms with E-state index in [-0.39, 0.29) is 11.3 Å². The fourth-order valence-electron chi connectivity index (χ4n) is 4.45. The molecule has 0 atom stereocenters. The summed E-state index contributed by atoms with van der Waals surface area (Å²) < 4.78 is 31.4. The average molecular weight is 435 g/mol. The van der Waals surface area contributed by atoms with Crippen LogP contribution >= 0.6 is 0 Å². The van der Waals surface area contributed by atoms with E-state index in [1.54, 1.807) is 40.9 Å². The summed E-state index contributed by atoms with van der Waals surface area (Å²) in [5, 5.41) is 8.42. The zero-order valence-corrected chi connectivity index (χ0v) is 17.9. The van der Waals surface area contributed by atoms with Crippen LogP contribution in [0, 0.1) is 0 Å². The molecule has 0 fully saturated rings. The van der Waals surface area contributed by atoms with Crippen LogP contribution in [0.1, 0.15) is 47.7 Å². The topological polar surface area (TPSA) is 55.4 Å². The van der Waals surface area contributed by atoms with E-state index in [0.29, 0.717) is 29.7 Å². The molecule has 1 aromatic carbocycles. The number of fused-ring (bicyclic) bond motifs is 2. The van der Waals surface area contributed by atoms with Gasteiger partial charge in [-0.2, -0.15) is 10.2 Å². The second kappa shape index (κ2) is 7.85. The van der Waals surface area contributed by atoms with Crippen molar-refractivity contribution in [2.24, 2.45) is 7.05 Å². The second-order valence-corrected chi connectivity index (χ2v) is 8.08. The molecule has 0 amide bonds. The number of halogens is 2. The normalized spacial score (nSPS) is 13.7. The van der Waals surface area contributed by atoms with Gasteiger partial charge in [0, 0.05) is 54.9 Å². The molecule has 32 heavy (non-hydrogen) atoms. The minimum Gasteiger partial charge on any atom is -0.341 e. The summed E-state index contributed by atoms with van der Waals surface area (Å²) in [7, 11) is 1.77. The highest BCUT2D eigenvalue weighted by atomic mass is 19.3. The number of alkyl halides is 2. The number of carbonyl (C=O) groups excluding carboxylic acids is 1. The lowest BCUT2D eigenvalue weighted by atomic mass is 9.93. The summed E-state index contributed by atoms with van der Waals surface area (Å²) >= 11 is 0. The Labute approximate surface area is 184 Å². The number of carbonyl (C=O) groups is 1. The Balaban J connectivity index is 1.63. The van der Waals surface area contributed by atoms with Gasteiger partial charge in [-0.3, -0.25) is 9.48 Å². The van der Waals surface area contributed by atoms with Gasteiger partial charge in [0.25, 0.3) is 6.43 Å². The van der Waals surface area contributed by atoms with Crippen molar-refractivity contribution in [2.75, 3.05) is 11.4 Å². The highest BCUT2D eigenvalue weighted by Crippen LogP contribution is 2.41. The summed E-state index contributed by atoms with van der Waals surface area (Å²) in [5.74, 6) is 0.0253. The molecule has 0 radical (unpaired) electrons. The van der Waals surface area contributed by atoms with E-state index in [2.05, 4.69) is 15.1 Å². The minimum atomic E-state index is -2.61. The molecule has 0 saturated heterocycles. The molecule has 0 bridgehead atoms. The molecule has 5 rings (SSSR count). The summed E-state index contributed by atoms with van der Waals surface area (Å²) in [6, 6.07) is 7.32. The maximum atomic E-state index is 14.1. The minimum absolute atomic E-state index is 0.00377. The first kappa shape index (κ1) is 20.4. The van der Waals surface area contributed by atoms with Crippen LogP contribution in [0.2, 0.25) is 0 Å². The lowest BCUT2D eigenvalue weighted by molar-refractivity contribution is 0.0989. The van der Waals surface area contributed by atoms with Crippen molar-refractivity contribution in [3.8, 4) is 11.1 Å². The van der Waals surface area contributed by atoms with Gasteiger partial charge in [-0.05, 0) is 48.2 Å². The summed E-state index contributed by atoms with van der Waals surface area (Å²) in [6.07, 6.45) is 6.28. The van der Waals surface area contributed by atoms with Crippen LogP contribution in [0.4, 0.5) is 20.2 Å². The zero-order chi connectivity index (χ0) is 22.4. The second-order valence-electron chi connectivity index (χ2n) is 8.08. The Morgan fingerprint density at radius 3 is 2.75 bits per heavy atom. The highest BCUT2D eigenvalue weighted by molar-refractivity contribution is 6.02. The molecule has 1 aliphatic heterocycles. The standard InChI is InChI=1S/C24H23F2N5O/c1-3-23(32)20-13-28-31-8-6-17(10-22(20)31)30-7-4-5-15-9-18(16-12-27-29(2)14-16)19(24(25)26)11-21(15)30/h6,8-14,24H,3-5,7H2,1-2H3. The van der Waals surface area contributed by atoms with Gasteiger partial charge in [-0.25, -0.2) is 13.3 Å². The van der Waals surface area contributed by atoms with Crippen molar-refractivity contribution < 1.29 is 13.6 Å². The molecule has 0 saturated carbocycles. The lowest BCUT2D eigenvalue weighted by Crippen LogP contribution is -2.25. The molecule has 1 aliphatic rings. The fourth-order valence-corrected chi connectivity index (χ4v) is 4.45. The van der Waals surface area contributed by atoms with E-state index in [1.807, 2.05) is 31.3 Å². The number of rotatable bonds is 5. The molecule has 0 unspecified atom stereocenters. The Kier molecular flexibility index (Phi) is 5.00. The van der Waals surface area contributed by atoms with Crippen molar-refractivity contribution >= 4 is 22.7 Å². The van der Waals surface area contributed by atoms with Crippen LogP contribution < -0.4 is 4.90 Å². The first-order chi connectivity index (χ1) is 15.5. The number of aromatic nitrogens is 4. The zero-order valence-electron chi connectivity index (χ0n) is 17.9. The van der Waals surface area contributed by atoms with Crippen LogP contribution in [0.15, 0.2) is 49.1 Å². The maximum absolute atomic E-state index is 14.1. The number of ketones is 1. The highest BCUT2D eigenvalue weighted by Gasteiger charge is 2.25. The molecule has 0 spiro atoms. The number of Topliss-reactive ketones (excluding diaryl/α,β-unsaturated/α-hetero) is 1. The number of pyridine rings is 1. The average Bonchev–Trinajstić information content (AvgIpc) is 3.43. The monoisotopic (exact) mass is 435 g/mol. The van der Waals surface area contributed by atoms with Gasteiger partial charge >= 0.3 is 0 Å². The SMILES string of the molecule is CCC(=O)c1cnn2ccc(N3CCCc4cc(-c5cnn(C)c5)c(C(F)F)cc43)cc12. The molecule has 8 heteroatoms. The van der Waals surface area contributed by atoms with Crippen molar-refractivity contribution in [1.29, 1.82) is 0 Å². The number of benzene rings is 1. The van der Waals surface area contributed by atoms with E-state index in [4.69, 9.17) is 0 Å². The molecule has 4 aromatic rings. The predicted octanol–water partition coefficient (Wildman–Crippen LogP) is 5.35. The van der Waals surface area contributed by atoms with Crippen LogP contribution in [-0.4, -0.2) is 31.7 Å². The quantitative estimate of drug-likeness (QED) is 0.397. The molecular formula is C24H23F2N5O. The third-order valence-corrected chi connectivity index (χ3v) is 6.06.